The summed E-state index contributed by atoms with van der Waals surface area (Å²) < 4.78 is 36.6. The molecule has 0 aliphatic rings. The molecule has 0 saturated heterocycles. The quantitative estimate of drug-likeness (QED) is 0.312. The lowest BCUT2D eigenvalue weighted by molar-refractivity contribution is 0.102. The van der Waals surface area contributed by atoms with E-state index in [1.54, 1.807) is 43.4 Å². The number of aryl methyl sites for hydroxylation is 1. The Kier molecular flexibility index (Phi) is 6.45. The maximum Gasteiger partial charge on any atom is 0.276 e. The number of nitrogens with one attached hydrogen (secondary N) is 1. The van der Waals surface area contributed by atoms with Crippen LogP contribution in [0, 0.1) is 11.6 Å². The third-order valence-electron chi connectivity index (χ3n) is 5.50. The monoisotopic (exact) mass is 519 g/mol. The number of benzene rings is 3. The number of amides is 1. The van der Waals surface area contributed by atoms with Crippen molar-refractivity contribution in [3.8, 4) is 17.2 Å². The fourth-order valence-electron chi connectivity index (χ4n) is 3.63. The van der Waals surface area contributed by atoms with Crippen LogP contribution in [-0.2, 0) is 7.05 Å². The largest absolute Gasteiger partial charge is 0.457 e. The number of fused-ring (bicyclic) bond motifs is 1. The average Bonchev–Trinajstić information content (AvgIpc) is 3.34. The van der Waals surface area contributed by atoms with Crippen molar-refractivity contribution < 1.29 is 18.3 Å². The molecule has 0 radical (unpaired) electrons. The maximum absolute atomic E-state index is 14.6. The average molecular weight is 520 g/mol. The number of carbonyl (C=O) groups is 1. The molecule has 0 unspecified atom stereocenters. The molecule has 2 aromatic heterocycles. The standard InChI is InChI=1S/C26H19F2N5O3S/c1-32-14-29-21-10-8-17(11-19(21)26(32)35)36-18-7-9-20(28)22(12-18)30-25(34)23-13-24(37-2)33(31-23)16-5-3-15(27)4-6-16/h3-14H,1-2H3,(H,30,34). The second kappa shape index (κ2) is 9.86. The van der Waals surface area contributed by atoms with Crippen LogP contribution in [-0.4, -0.2) is 31.5 Å². The summed E-state index contributed by atoms with van der Waals surface area (Å²) in [5.74, 6) is -1.09. The molecule has 8 nitrogen and oxygen atoms in total. The summed E-state index contributed by atoms with van der Waals surface area (Å²) >= 11 is 1.35. The predicted molar refractivity (Wildman–Crippen MR) is 137 cm³/mol. The van der Waals surface area contributed by atoms with Gasteiger partial charge in [0.1, 0.15) is 28.2 Å². The Labute approximate surface area is 213 Å². The number of hydrogen-bond donors (Lipinski definition) is 1. The number of halogens is 2. The fraction of sp³-hybridized carbons (Fsp3) is 0.0769. The Morgan fingerprint density at radius 3 is 2.49 bits per heavy atom. The number of rotatable bonds is 6. The van der Waals surface area contributed by atoms with Gasteiger partial charge < -0.3 is 14.6 Å². The van der Waals surface area contributed by atoms with Gasteiger partial charge in [0.15, 0.2) is 5.69 Å². The lowest BCUT2D eigenvalue weighted by atomic mass is 10.2. The second-order valence-electron chi connectivity index (χ2n) is 8.00. The maximum atomic E-state index is 14.6. The van der Waals surface area contributed by atoms with Gasteiger partial charge in [-0.15, -0.1) is 11.8 Å². The number of nitrogens with zero attached hydrogens (tertiary/aromatic N) is 4. The Hall–Kier alpha value is -4.51. The molecule has 186 valence electrons. The first-order valence-corrected chi connectivity index (χ1v) is 12.2. The molecule has 0 saturated carbocycles. The van der Waals surface area contributed by atoms with Crippen LogP contribution in [0.3, 0.4) is 0 Å². The minimum Gasteiger partial charge on any atom is -0.457 e. The van der Waals surface area contributed by atoms with E-state index in [4.69, 9.17) is 4.74 Å². The van der Waals surface area contributed by atoms with Crippen LogP contribution >= 0.6 is 11.8 Å². The van der Waals surface area contributed by atoms with E-state index in [-0.39, 0.29) is 28.5 Å². The molecule has 11 heteroatoms. The Morgan fingerprint density at radius 1 is 1.00 bits per heavy atom. The first-order valence-electron chi connectivity index (χ1n) is 11.0. The summed E-state index contributed by atoms with van der Waals surface area (Å²) in [6, 6.07) is 16.0. The highest BCUT2D eigenvalue weighted by atomic mass is 32.2. The van der Waals surface area contributed by atoms with Crippen LogP contribution in [0.2, 0.25) is 0 Å². The molecule has 0 bridgehead atoms. The van der Waals surface area contributed by atoms with Crippen molar-refractivity contribution in [3.05, 3.63) is 101 Å². The SMILES string of the molecule is CSc1cc(C(=O)Nc2cc(Oc3ccc4ncn(C)c(=O)c4c3)ccc2F)nn1-c1ccc(F)cc1. The molecule has 0 aliphatic carbocycles. The van der Waals surface area contributed by atoms with Gasteiger partial charge in [0.05, 0.1) is 28.6 Å². The summed E-state index contributed by atoms with van der Waals surface area (Å²) in [4.78, 5) is 29.5. The lowest BCUT2D eigenvalue weighted by Gasteiger charge is -2.10. The lowest BCUT2D eigenvalue weighted by Crippen LogP contribution is -2.16. The fourth-order valence-corrected chi connectivity index (χ4v) is 4.18. The zero-order valence-electron chi connectivity index (χ0n) is 19.6. The van der Waals surface area contributed by atoms with Crippen molar-refractivity contribution >= 4 is 34.3 Å². The molecule has 1 amide bonds. The van der Waals surface area contributed by atoms with Crippen molar-refractivity contribution in [1.82, 2.24) is 19.3 Å². The zero-order chi connectivity index (χ0) is 26.1. The first kappa shape index (κ1) is 24.2. The molecular formula is C26H19F2N5O3S. The number of thioether (sulfide) groups is 1. The third kappa shape index (κ3) is 4.94. The van der Waals surface area contributed by atoms with Gasteiger partial charge in [0.25, 0.3) is 11.5 Å². The summed E-state index contributed by atoms with van der Waals surface area (Å²) in [5.41, 5.74) is 0.811. The Morgan fingerprint density at radius 2 is 1.73 bits per heavy atom. The van der Waals surface area contributed by atoms with E-state index in [2.05, 4.69) is 15.4 Å². The molecule has 5 rings (SSSR count). The van der Waals surface area contributed by atoms with Gasteiger partial charge in [0, 0.05) is 19.2 Å². The molecule has 2 heterocycles. The van der Waals surface area contributed by atoms with E-state index in [1.807, 2.05) is 6.26 Å². The molecule has 5 aromatic rings. The van der Waals surface area contributed by atoms with E-state index in [0.29, 0.717) is 27.4 Å². The molecule has 0 atom stereocenters. The topological polar surface area (TPSA) is 91.0 Å². The highest BCUT2D eigenvalue weighted by Gasteiger charge is 2.17. The smallest absolute Gasteiger partial charge is 0.276 e. The number of ether oxygens (including phenoxy) is 1. The first-order chi connectivity index (χ1) is 17.8. The Bertz CT molecular complexity index is 1700. The molecular weight excluding hydrogens is 500 g/mol. The van der Waals surface area contributed by atoms with Gasteiger partial charge in [-0.05, 0) is 60.9 Å². The van der Waals surface area contributed by atoms with Gasteiger partial charge in [-0.2, -0.15) is 5.10 Å². The number of aromatic nitrogens is 4. The minimum absolute atomic E-state index is 0.0530. The molecule has 0 aliphatic heterocycles. The van der Waals surface area contributed by atoms with Crippen LogP contribution in [0.15, 0.2) is 82.9 Å². The summed E-state index contributed by atoms with van der Waals surface area (Å²) in [6.07, 6.45) is 3.25. The van der Waals surface area contributed by atoms with Gasteiger partial charge in [-0.3, -0.25) is 9.59 Å². The van der Waals surface area contributed by atoms with Gasteiger partial charge in [-0.1, -0.05) is 0 Å². The van der Waals surface area contributed by atoms with Crippen LogP contribution in [0.25, 0.3) is 16.6 Å². The summed E-state index contributed by atoms with van der Waals surface area (Å²) in [5, 5.41) is 7.85. The summed E-state index contributed by atoms with van der Waals surface area (Å²) in [6.45, 7) is 0. The second-order valence-corrected chi connectivity index (χ2v) is 8.82. The van der Waals surface area contributed by atoms with Crippen molar-refractivity contribution in [3.63, 3.8) is 0 Å². The third-order valence-corrected chi connectivity index (χ3v) is 6.21. The number of carbonyl (C=O) groups excluding carboxylic acids is 1. The van der Waals surface area contributed by atoms with Crippen molar-refractivity contribution in [2.75, 3.05) is 11.6 Å². The zero-order valence-corrected chi connectivity index (χ0v) is 20.4. The van der Waals surface area contributed by atoms with Crippen LogP contribution < -0.4 is 15.6 Å². The van der Waals surface area contributed by atoms with Gasteiger partial charge in [-0.25, -0.2) is 18.4 Å². The van der Waals surface area contributed by atoms with Crippen LogP contribution in [0.5, 0.6) is 11.5 Å². The molecule has 0 spiro atoms. The van der Waals surface area contributed by atoms with Crippen LogP contribution in [0.1, 0.15) is 10.5 Å². The molecule has 3 aromatic carbocycles. The highest BCUT2D eigenvalue weighted by Crippen LogP contribution is 2.28. The van der Waals surface area contributed by atoms with Crippen molar-refractivity contribution in [1.29, 1.82) is 0 Å². The molecule has 37 heavy (non-hydrogen) atoms. The van der Waals surface area contributed by atoms with Gasteiger partial charge >= 0.3 is 0 Å². The highest BCUT2D eigenvalue weighted by molar-refractivity contribution is 7.98. The number of hydrogen-bond acceptors (Lipinski definition) is 6. The van der Waals surface area contributed by atoms with Crippen LogP contribution in [0.4, 0.5) is 14.5 Å². The number of anilines is 1. The molecule has 0 fully saturated rings. The van der Waals surface area contributed by atoms with E-state index >= 15 is 0 Å². The van der Waals surface area contributed by atoms with E-state index in [9.17, 15) is 18.4 Å². The van der Waals surface area contributed by atoms with E-state index < -0.39 is 11.7 Å². The minimum atomic E-state index is -0.666. The normalized spacial score (nSPS) is 11.0. The Balaban J connectivity index is 1.39. The van der Waals surface area contributed by atoms with Gasteiger partial charge in [0.2, 0.25) is 0 Å². The van der Waals surface area contributed by atoms with E-state index in [0.717, 1.165) is 6.07 Å². The van der Waals surface area contributed by atoms with Crippen molar-refractivity contribution in [2.45, 2.75) is 5.03 Å². The summed E-state index contributed by atoms with van der Waals surface area (Å²) in [7, 11) is 1.60. The van der Waals surface area contributed by atoms with Crippen molar-refractivity contribution in [2.24, 2.45) is 7.05 Å². The molecule has 1 N–H and O–H groups in total. The predicted octanol–water partition coefficient (Wildman–Crippen LogP) is 5.16. The van der Waals surface area contributed by atoms with E-state index in [1.165, 1.54) is 51.6 Å².